The molecule has 0 aliphatic carbocycles. The van der Waals surface area contributed by atoms with Gasteiger partial charge in [-0.25, -0.2) is 4.98 Å². The number of likely N-dealkylation sites (N-methyl/N-ethyl adjacent to an activating group) is 1. The fraction of sp³-hybridized carbons (Fsp3) is 0.211. The first kappa shape index (κ1) is 22.3. The smallest absolute Gasteiger partial charge is 0.293 e. The molecule has 1 amide bonds. The zero-order chi connectivity index (χ0) is 22.3. The molecule has 2 aromatic rings. The van der Waals surface area contributed by atoms with Gasteiger partial charge in [-0.3, -0.25) is 9.69 Å². The van der Waals surface area contributed by atoms with Gasteiger partial charge in [0.05, 0.1) is 27.4 Å². The number of carbonyl (C=O) groups is 1. The van der Waals surface area contributed by atoms with E-state index >= 15 is 0 Å². The van der Waals surface area contributed by atoms with Gasteiger partial charge in [-0.05, 0) is 43.3 Å². The van der Waals surface area contributed by atoms with Crippen LogP contribution in [-0.2, 0) is 17.1 Å². The number of halogens is 6. The van der Waals surface area contributed by atoms with Gasteiger partial charge in [0.15, 0.2) is 0 Å². The summed E-state index contributed by atoms with van der Waals surface area (Å²) in [5.41, 5.74) is -3.08. The monoisotopic (exact) mass is 462 g/mol. The molecule has 3 rings (SSSR count). The predicted molar refractivity (Wildman–Crippen MR) is 105 cm³/mol. The van der Waals surface area contributed by atoms with Crippen molar-refractivity contribution in [3.63, 3.8) is 0 Å². The molecular weight excluding hydrogens is 450 g/mol. The van der Waals surface area contributed by atoms with Crippen molar-refractivity contribution in [1.82, 2.24) is 9.88 Å². The van der Waals surface area contributed by atoms with Gasteiger partial charge in [0, 0.05) is 12.1 Å². The van der Waals surface area contributed by atoms with Crippen LogP contribution < -0.4 is 0 Å². The standard InChI is InChI=1S/C19H12F6N2OS2/c1-2-27-16(28)15(30-17(27)29)9-13-4-3-5-14(26-13)10-6-11(18(20,21)22)8-12(7-10)19(23,24)25/h3-9H,2H2,1H3. The van der Waals surface area contributed by atoms with Gasteiger partial charge in [-0.2, -0.15) is 26.3 Å². The highest BCUT2D eigenvalue weighted by Gasteiger charge is 2.37. The van der Waals surface area contributed by atoms with Crippen LogP contribution in [0.1, 0.15) is 23.7 Å². The van der Waals surface area contributed by atoms with E-state index in [9.17, 15) is 31.1 Å². The maximum atomic E-state index is 13.1. The van der Waals surface area contributed by atoms with E-state index in [-0.39, 0.29) is 33.8 Å². The Bertz CT molecular complexity index is 1010. The second kappa shape index (κ2) is 8.03. The summed E-state index contributed by atoms with van der Waals surface area (Å²) >= 11 is 6.15. The second-order valence-corrected chi connectivity index (χ2v) is 7.84. The van der Waals surface area contributed by atoms with Gasteiger partial charge in [0.25, 0.3) is 5.91 Å². The lowest BCUT2D eigenvalue weighted by Gasteiger charge is -2.14. The average molecular weight is 462 g/mol. The lowest BCUT2D eigenvalue weighted by atomic mass is 10.0. The quantitative estimate of drug-likeness (QED) is 0.318. The van der Waals surface area contributed by atoms with Gasteiger partial charge < -0.3 is 0 Å². The number of thiocarbonyl (C=S) groups is 1. The number of benzene rings is 1. The maximum Gasteiger partial charge on any atom is 0.416 e. The Kier molecular flexibility index (Phi) is 5.96. The molecule has 0 saturated carbocycles. The van der Waals surface area contributed by atoms with Crippen LogP contribution in [0, 0.1) is 0 Å². The Labute approximate surface area is 176 Å². The molecule has 30 heavy (non-hydrogen) atoms. The number of hydrogen-bond donors (Lipinski definition) is 0. The number of hydrogen-bond acceptors (Lipinski definition) is 4. The van der Waals surface area contributed by atoms with E-state index < -0.39 is 23.5 Å². The summed E-state index contributed by atoms with van der Waals surface area (Å²) in [5.74, 6) is -0.335. The van der Waals surface area contributed by atoms with E-state index in [2.05, 4.69) is 4.98 Å². The van der Waals surface area contributed by atoms with Crippen LogP contribution in [0.3, 0.4) is 0 Å². The molecule has 0 spiro atoms. The summed E-state index contributed by atoms with van der Waals surface area (Å²) in [6.45, 7) is 2.12. The van der Waals surface area contributed by atoms with Crippen molar-refractivity contribution >= 4 is 40.3 Å². The molecule has 0 radical (unpaired) electrons. The molecule has 1 aromatic carbocycles. The Morgan fingerprint density at radius 2 is 1.67 bits per heavy atom. The number of pyridine rings is 1. The van der Waals surface area contributed by atoms with E-state index in [1.54, 1.807) is 6.92 Å². The van der Waals surface area contributed by atoms with E-state index in [0.717, 1.165) is 11.8 Å². The largest absolute Gasteiger partial charge is 0.416 e. The summed E-state index contributed by atoms with van der Waals surface area (Å²) in [5, 5.41) is 0. The van der Waals surface area contributed by atoms with Gasteiger partial charge in [0.2, 0.25) is 0 Å². The number of rotatable bonds is 3. The summed E-state index contributed by atoms with van der Waals surface area (Å²) in [6.07, 6.45) is -8.51. The lowest BCUT2D eigenvalue weighted by molar-refractivity contribution is -0.143. The molecule has 0 atom stereocenters. The van der Waals surface area contributed by atoms with Crippen LogP contribution in [0.15, 0.2) is 41.3 Å². The molecule has 1 saturated heterocycles. The fourth-order valence-corrected chi connectivity index (χ4v) is 4.07. The Morgan fingerprint density at radius 1 is 1.07 bits per heavy atom. The molecule has 0 N–H and O–H groups in total. The first-order valence-electron chi connectivity index (χ1n) is 8.42. The summed E-state index contributed by atoms with van der Waals surface area (Å²) in [6, 6.07) is 5.49. The SMILES string of the molecule is CCN1C(=O)C(=Cc2cccc(-c3cc(C(F)(F)F)cc(C(F)(F)F)c3)n2)SC1=S. The minimum Gasteiger partial charge on any atom is -0.293 e. The van der Waals surface area contributed by atoms with Crippen LogP contribution in [-0.4, -0.2) is 26.7 Å². The van der Waals surface area contributed by atoms with Crippen molar-refractivity contribution in [2.75, 3.05) is 6.54 Å². The van der Waals surface area contributed by atoms with Crippen molar-refractivity contribution in [3.8, 4) is 11.3 Å². The van der Waals surface area contributed by atoms with Crippen LogP contribution in [0.25, 0.3) is 17.3 Å². The molecule has 3 nitrogen and oxygen atoms in total. The van der Waals surface area contributed by atoms with Crippen LogP contribution in [0.2, 0.25) is 0 Å². The van der Waals surface area contributed by atoms with E-state index in [0.29, 0.717) is 23.0 Å². The van der Waals surface area contributed by atoms with E-state index in [1.807, 2.05) is 0 Å². The van der Waals surface area contributed by atoms with Gasteiger partial charge in [0.1, 0.15) is 4.32 Å². The first-order chi connectivity index (χ1) is 13.9. The Morgan fingerprint density at radius 3 is 2.17 bits per heavy atom. The van der Waals surface area contributed by atoms with Crippen molar-refractivity contribution in [1.29, 1.82) is 0 Å². The highest BCUT2D eigenvalue weighted by Crippen LogP contribution is 2.38. The highest BCUT2D eigenvalue weighted by atomic mass is 32.2. The molecule has 11 heteroatoms. The number of carbonyl (C=O) groups excluding carboxylic acids is 1. The Balaban J connectivity index is 2.05. The predicted octanol–water partition coefficient (Wildman–Crippen LogP) is 6.01. The summed E-state index contributed by atoms with van der Waals surface area (Å²) in [4.78, 5) is 18.1. The Hall–Kier alpha value is -2.40. The summed E-state index contributed by atoms with van der Waals surface area (Å²) in [7, 11) is 0. The average Bonchev–Trinajstić information content (AvgIpc) is 2.92. The molecule has 0 unspecified atom stereocenters. The minimum absolute atomic E-state index is 0.0590. The van der Waals surface area contributed by atoms with E-state index in [4.69, 9.17) is 12.2 Å². The highest BCUT2D eigenvalue weighted by molar-refractivity contribution is 8.26. The second-order valence-electron chi connectivity index (χ2n) is 6.17. The van der Waals surface area contributed by atoms with E-state index in [1.165, 1.54) is 29.2 Å². The molecule has 1 fully saturated rings. The van der Waals surface area contributed by atoms with Gasteiger partial charge in [-0.15, -0.1) is 0 Å². The third-order valence-corrected chi connectivity index (χ3v) is 5.50. The van der Waals surface area contributed by atoms with Crippen molar-refractivity contribution in [2.24, 2.45) is 0 Å². The number of aromatic nitrogens is 1. The summed E-state index contributed by atoms with van der Waals surface area (Å²) < 4.78 is 78.9. The molecule has 0 bridgehead atoms. The molecule has 1 aromatic heterocycles. The zero-order valence-electron chi connectivity index (χ0n) is 15.1. The topological polar surface area (TPSA) is 33.2 Å². The van der Waals surface area contributed by atoms with Crippen molar-refractivity contribution in [2.45, 2.75) is 19.3 Å². The fourth-order valence-electron chi connectivity index (χ4n) is 2.70. The normalized spacial score (nSPS) is 16.6. The van der Waals surface area contributed by atoms with Gasteiger partial charge in [-0.1, -0.05) is 30.0 Å². The van der Waals surface area contributed by atoms with Crippen LogP contribution in [0.5, 0.6) is 0 Å². The lowest BCUT2D eigenvalue weighted by Crippen LogP contribution is -2.27. The molecule has 1 aliphatic heterocycles. The molecule has 1 aliphatic rings. The van der Waals surface area contributed by atoms with Crippen molar-refractivity contribution in [3.05, 3.63) is 58.1 Å². The van der Waals surface area contributed by atoms with Gasteiger partial charge >= 0.3 is 12.4 Å². The molecule has 2 heterocycles. The van der Waals surface area contributed by atoms with Crippen LogP contribution in [0.4, 0.5) is 26.3 Å². The zero-order valence-corrected chi connectivity index (χ0v) is 16.8. The minimum atomic E-state index is -4.96. The van der Waals surface area contributed by atoms with Crippen LogP contribution >= 0.6 is 24.0 Å². The number of nitrogens with zero attached hydrogens (tertiary/aromatic N) is 2. The molecule has 158 valence electrons. The maximum absolute atomic E-state index is 13.1. The first-order valence-corrected chi connectivity index (χ1v) is 9.65. The third kappa shape index (κ3) is 4.67. The number of alkyl halides is 6. The third-order valence-electron chi connectivity index (χ3n) is 4.12. The number of thioether (sulfide) groups is 1. The van der Waals surface area contributed by atoms with Crippen molar-refractivity contribution < 1.29 is 31.1 Å². The number of amides is 1. The molecular formula is C19H12F6N2OS2.